The first-order chi connectivity index (χ1) is 27.5. The Morgan fingerprint density at radius 2 is 1.07 bits per heavy atom. The molecule has 0 rings (SSSR count). The Morgan fingerprint density at radius 3 is 1.68 bits per heavy atom. The van der Waals surface area contributed by atoms with Gasteiger partial charge in [-0.05, 0) is 77.0 Å². The van der Waals surface area contributed by atoms with Crippen LogP contribution in [0.1, 0.15) is 181 Å². The molecule has 0 aliphatic heterocycles. The van der Waals surface area contributed by atoms with Gasteiger partial charge in [0.25, 0.3) is 0 Å². The number of allylic oxidation sites excluding steroid dienone is 16. The van der Waals surface area contributed by atoms with Crippen molar-refractivity contribution in [3.05, 3.63) is 97.2 Å². The first-order valence-electron chi connectivity index (χ1n) is 22.5. The average molecular weight is 778 g/mol. The predicted octanol–water partition coefficient (Wildman–Crippen LogP) is 13.0. The number of aliphatic hydroxyl groups is 2. The van der Waals surface area contributed by atoms with Gasteiger partial charge in [0.05, 0.1) is 25.2 Å². The van der Waals surface area contributed by atoms with Crippen LogP contribution >= 0.6 is 0 Å². The molecular weight excluding hydrogens is 695 g/mol. The Bertz CT molecular complexity index is 1140. The quantitative estimate of drug-likeness (QED) is 0.0251. The summed E-state index contributed by atoms with van der Waals surface area (Å²) in [6.45, 7) is 6.15. The molecule has 0 radical (unpaired) electrons. The molecule has 6 heteroatoms. The van der Waals surface area contributed by atoms with E-state index in [-0.39, 0.29) is 24.9 Å². The molecule has 1 amide bonds. The topological polar surface area (TPSA) is 95.9 Å². The standard InChI is InChI=1S/C50H83NO5/c1-4-7-10-13-16-19-22-23-24-25-26-28-31-34-37-40-43-50(55)56-46(41-38-35-32-29-27-20-17-14-11-8-5-2)44-49(54)51-47(45-52)48(53)42-39-36-33-30-21-18-15-12-9-6-3/h7-8,10-11,14,16-17,19-20,23-24,26-29,32,46-48,52-53H,4-6,9,12-13,15,18,21-22,25,30-31,33-45H2,1-3H3,(H,51,54)/b10-7+,11-8+,17-14+,19-16+,24-23+,27-20-,28-26+,32-29-. The van der Waals surface area contributed by atoms with Crippen molar-refractivity contribution < 1.29 is 24.5 Å². The van der Waals surface area contributed by atoms with E-state index < -0.39 is 18.2 Å². The highest BCUT2D eigenvalue weighted by Gasteiger charge is 2.23. The third kappa shape index (κ3) is 37.7. The predicted molar refractivity (Wildman–Crippen MR) is 240 cm³/mol. The van der Waals surface area contributed by atoms with Crippen LogP contribution in [0.15, 0.2) is 97.2 Å². The van der Waals surface area contributed by atoms with Crippen LogP contribution in [-0.4, -0.2) is 46.9 Å². The van der Waals surface area contributed by atoms with Gasteiger partial charge in [-0.1, -0.05) is 189 Å². The third-order valence-electron chi connectivity index (χ3n) is 9.50. The van der Waals surface area contributed by atoms with E-state index in [1.807, 2.05) is 36.5 Å². The highest BCUT2D eigenvalue weighted by molar-refractivity contribution is 5.77. The smallest absolute Gasteiger partial charge is 0.306 e. The molecule has 318 valence electrons. The second-order valence-electron chi connectivity index (χ2n) is 14.8. The molecule has 0 fully saturated rings. The number of esters is 1. The molecule has 56 heavy (non-hydrogen) atoms. The van der Waals surface area contributed by atoms with Crippen molar-refractivity contribution in [2.75, 3.05) is 6.61 Å². The van der Waals surface area contributed by atoms with Gasteiger partial charge in [0.15, 0.2) is 0 Å². The molecule has 0 aliphatic carbocycles. The lowest BCUT2D eigenvalue weighted by Gasteiger charge is -2.24. The van der Waals surface area contributed by atoms with E-state index in [0.717, 1.165) is 89.9 Å². The summed E-state index contributed by atoms with van der Waals surface area (Å²) >= 11 is 0. The molecule has 6 nitrogen and oxygen atoms in total. The lowest BCUT2D eigenvalue weighted by atomic mass is 10.0. The Balaban J connectivity index is 4.74. The fourth-order valence-corrected chi connectivity index (χ4v) is 6.14. The molecule has 3 unspecified atom stereocenters. The van der Waals surface area contributed by atoms with Gasteiger partial charge in [-0.3, -0.25) is 9.59 Å². The van der Waals surface area contributed by atoms with Crippen LogP contribution < -0.4 is 5.32 Å². The lowest BCUT2D eigenvalue weighted by molar-refractivity contribution is -0.151. The highest BCUT2D eigenvalue weighted by atomic mass is 16.5. The van der Waals surface area contributed by atoms with Crippen LogP contribution in [0.4, 0.5) is 0 Å². The SMILES string of the molecule is CC/C=C/C=C/C=C\C=C/CCCC(CC(=O)NC(CO)C(O)CCCCCCCCCCCC)OC(=O)CCCCC/C=C/C/C=C/C/C=C/C/C=C/CC. The fraction of sp³-hybridized carbons (Fsp3) is 0.640. The van der Waals surface area contributed by atoms with Gasteiger partial charge in [-0.25, -0.2) is 0 Å². The average Bonchev–Trinajstić information content (AvgIpc) is 3.19. The summed E-state index contributed by atoms with van der Waals surface area (Å²) < 4.78 is 5.84. The molecule has 0 saturated carbocycles. The maximum atomic E-state index is 13.1. The van der Waals surface area contributed by atoms with Gasteiger partial charge in [-0.15, -0.1) is 0 Å². The number of nitrogens with one attached hydrogen (secondary N) is 1. The number of unbranched alkanes of at least 4 members (excludes halogenated alkanes) is 13. The van der Waals surface area contributed by atoms with Crippen LogP contribution in [0.25, 0.3) is 0 Å². The van der Waals surface area contributed by atoms with E-state index in [9.17, 15) is 19.8 Å². The van der Waals surface area contributed by atoms with E-state index in [1.54, 1.807) is 0 Å². The van der Waals surface area contributed by atoms with Gasteiger partial charge in [-0.2, -0.15) is 0 Å². The van der Waals surface area contributed by atoms with E-state index in [0.29, 0.717) is 19.3 Å². The fourth-order valence-electron chi connectivity index (χ4n) is 6.14. The van der Waals surface area contributed by atoms with Crippen molar-refractivity contribution in [1.82, 2.24) is 5.32 Å². The third-order valence-corrected chi connectivity index (χ3v) is 9.50. The summed E-state index contributed by atoms with van der Waals surface area (Å²) in [5, 5.41) is 23.6. The second-order valence-corrected chi connectivity index (χ2v) is 14.8. The Morgan fingerprint density at radius 1 is 0.554 bits per heavy atom. The van der Waals surface area contributed by atoms with Gasteiger partial charge >= 0.3 is 5.97 Å². The minimum Gasteiger partial charge on any atom is -0.462 e. The zero-order valence-electron chi connectivity index (χ0n) is 36.0. The highest BCUT2D eigenvalue weighted by Crippen LogP contribution is 2.16. The summed E-state index contributed by atoms with van der Waals surface area (Å²) in [5.41, 5.74) is 0. The van der Waals surface area contributed by atoms with Crippen molar-refractivity contribution in [1.29, 1.82) is 0 Å². The van der Waals surface area contributed by atoms with Gasteiger partial charge in [0.2, 0.25) is 5.91 Å². The lowest BCUT2D eigenvalue weighted by Crippen LogP contribution is -2.46. The first kappa shape index (κ1) is 52.8. The van der Waals surface area contributed by atoms with Crippen molar-refractivity contribution in [3.8, 4) is 0 Å². The molecule has 0 aromatic carbocycles. The summed E-state index contributed by atoms with van der Waals surface area (Å²) in [7, 11) is 0. The van der Waals surface area contributed by atoms with Gasteiger partial charge < -0.3 is 20.3 Å². The minimum atomic E-state index is -0.814. The van der Waals surface area contributed by atoms with Crippen LogP contribution in [0.2, 0.25) is 0 Å². The number of aliphatic hydroxyl groups excluding tert-OH is 2. The van der Waals surface area contributed by atoms with Crippen LogP contribution in [-0.2, 0) is 14.3 Å². The van der Waals surface area contributed by atoms with Crippen molar-refractivity contribution >= 4 is 11.9 Å². The van der Waals surface area contributed by atoms with Crippen LogP contribution in [0.5, 0.6) is 0 Å². The first-order valence-corrected chi connectivity index (χ1v) is 22.5. The maximum Gasteiger partial charge on any atom is 0.306 e. The molecule has 0 heterocycles. The zero-order chi connectivity index (χ0) is 41.0. The normalized spacial score (nSPS) is 14.3. The zero-order valence-corrected chi connectivity index (χ0v) is 36.0. The molecule has 0 aliphatic rings. The van der Waals surface area contributed by atoms with E-state index in [1.165, 1.54) is 44.9 Å². The molecular formula is C50H83NO5. The molecule has 0 aromatic rings. The Labute approximate surface area is 344 Å². The largest absolute Gasteiger partial charge is 0.462 e. The number of hydrogen-bond donors (Lipinski definition) is 3. The number of hydrogen-bond acceptors (Lipinski definition) is 5. The number of ether oxygens (including phenoxy) is 1. The minimum absolute atomic E-state index is 0.0126. The van der Waals surface area contributed by atoms with Gasteiger partial charge in [0, 0.05) is 6.42 Å². The Hall–Kier alpha value is -3.22. The number of carbonyl (C=O) groups excluding carboxylic acids is 2. The monoisotopic (exact) mass is 778 g/mol. The number of rotatable bonds is 38. The molecule has 0 bridgehead atoms. The van der Waals surface area contributed by atoms with E-state index in [4.69, 9.17) is 4.74 Å². The van der Waals surface area contributed by atoms with Crippen LogP contribution in [0.3, 0.4) is 0 Å². The Kier molecular flexibility index (Phi) is 40.4. The summed E-state index contributed by atoms with van der Waals surface area (Å²) in [4.78, 5) is 25.9. The summed E-state index contributed by atoms with van der Waals surface area (Å²) in [5.74, 6) is -0.592. The van der Waals surface area contributed by atoms with Crippen molar-refractivity contribution in [2.24, 2.45) is 0 Å². The summed E-state index contributed by atoms with van der Waals surface area (Å²) in [6.07, 6.45) is 56.2. The molecule has 0 saturated heterocycles. The maximum absolute atomic E-state index is 13.1. The van der Waals surface area contributed by atoms with E-state index >= 15 is 0 Å². The summed E-state index contributed by atoms with van der Waals surface area (Å²) in [6, 6.07) is -0.733. The molecule has 3 N–H and O–H groups in total. The van der Waals surface area contributed by atoms with Crippen molar-refractivity contribution in [3.63, 3.8) is 0 Å². The van der Waals surface area contributed by atoms with Crippen molar-refractivity contribution in [2.45, 2.75) is 200 Å². The second kappa shape index (κ2) is 42.9. The number of carbonyl (C=O) groups is 2. The van der Waals surface area contributed by atoms with Gasteiger partial charge in [0.1, 0.15) is 6.10 Å². The van der Waals surface area contributed by atoms with Crippen LogP contribution in [0, 0.1) is 0 Å². The molecule has 0 aromatic heterocycles. The number of amides is 1. The molecule has 0 spiro atoms. The van der Waals surface area contributed by atoms with E-state index in [2.05, 4.69) is 86.8 Å². The molecule has 3 atom stereocenters.